The molecule has 32 heavy (non-hydrogen) atoms. The fraction of sp³-hybridized carbons (Fsp3) is 0.273. The number of aryl methyl sites for hydroxylation is 1. The SMILES string of the molecule is CCN(CC)S(=O)(=O)c1ccc(F)c(C(=O)OCc2cc(=O)oc3cc(C)c(Cl)cc23)c1. The van der Waals surface area contributed by atoms with Gasteiger partial charge in [-0.1, -0.05) is 25.4 Å². The van der Waals surface area contributed by atoms with E-state index >= 15 is 0 Å². The molecular formula is C22H21ClFNO6S. The molecule has 1 aromatic heterocycles. The summed E-state index contributed by atoms with van der Waals surface area (Å²) in [6.07, 6.45) is 0. The van der Waals surface area contributed by atoms with Gasteiger partial charge in [-0.05, 0) is 42.8 Å². The minimum absolute atomic E-state index is 0.220. The quantitative estimate of drug-likeness (QED) is 0.369. The van der Waals surface area contributed by atoms with Crippen molar-refractivity contribution in [1.29, 1.82) is 0 Å². The van der Waals surface area contributed by atoms with Crippen LogP contribution in [-0.4, -0.2) is 31.8 Å². The topological polar surface area (TPSA) is 93.9 Å². The van der Waals surface area contributed by atoms with Crippen molar-refractivity contribution in [2.45, 2.75) is 32.3 Å². The molecule has 0 unspecified atom stereocenters. The molecular weight excluding hydrogens is 461 g/mol. The van der Waals surface area contributed by atoms with Crippen molar-refractivity contribution in [3.63, 3.8) is 0 Å². The van der Waals surface area contributed by atoms with Crippen LogP contribution in [0.4, 0.5) is 4.39 Å². The van der Waals surface area contributed by atoms with Gasteiger partial charge in [-0.3, -0.25) is 0 Å². The zero-order valence-corrected chi connectivity index (χ0v) is 19.2. The van der Waals surface area contributed by atoms with Gasteiger partial charge in [-0.15, -0.1) is 0 Å². The minimum atomic E-state index is -3.89. The summed E-state index contributed by atoms with van der Waals surface area (Å²) in [6, 6.07) is 7.27. The number of benzene rings is 2. The monoisotopic (exact) mass is 481 g/mol. The number of esters is 1. The molecule has 7 nitrogen and oxygen atoms in total. The summed E-state index contributed by atoms with van der Waals surface area (Å²) in [6.45, 7) is 5.18. The van der Waals surface area contributed by atoms with Crippen molar-refractivity contribution in [1.82, 2.24) is 4.31 Å². The number of halogens is 2. The van der Waals surface area contributed by atoms with Crippen LogP contribution in [0.25, 0.3) is 11.0 Å². The normalized spacial score (nSPS) is 11.8. The van der Waals surface area contributed by atoms with Crippen LogP contribution in [0.15, 0.2) is 50.5 Å². The Morgan fingerprint density at radius 3 is 2.50 bits per heavy atom. The molecule has 0 aliphatic carbocycles. The van der Waals surface area contributed by atoms with Crippen LogP contribution < -0.4 is 5.63 Å². The van der Waals surface area contributed by atoms with E-state index in [1.54, 1.807) is 32.9 Å². The standard InChI is InChI=1S/C22H21ClFNO6S/c1-4-25(5-2)32(28,29)15-6-7-19(24)17(10-15)22(27)30-12-14-9-21(26)31-20-8-13(3)18(23)11-16(14)20/h6-11H,4-5,12H2,1-3H3. The lowest BCUT2D eigenvalue weighted by Gasteiger charge is -2.18. The van der Waals surface area contributed by atoms with Gasteiger partial charge in [-0.25, -0.2) is 22.4 Å². The van der Waals surface area contributed by atoms with Gasteiger partial charge in [0.2, 0.25) is 10.0 Å². The number of hydrogen-bond donors (Lipinski definition) is 0. The van der Waals surface area contributed by atoms with Crippen molar-refractivity contribution in [3.8, 4) is 0 Å². The maximum Gasteiger partial charge on any atom is 0.341 e. The average molecular weight is 482 g/mol. The van der Waals surface area contributed by atoms with Gasteiger partial charge in [0.25, 0.3) is 0 Å². The van der Waals surface area contributed by atoms with E-state index in [1.165, 1.54) is 4.31 Å². The van der Waals surface area contributed by atoms with E-state index in [-0.39, 0.29) is 30.2 Å². The second kappa shape index (κ2) is 9.40. The Bertz CT molecular complexity index is 1350. The summed E-state index contributed by atoms with van der Waals surface area (Å²) >= 11 is 6.15. The Labute approximate surface area is 189 Å². The third kappa shape index (κ3) is 4.69. The largest absolute Gasteiger partial charge is 0.457 e. The second-order valence-electron chi connectivity index (χ2n) is 7.00. The fourth-order valence-electron chi connectivity index (χ4n) is 3.22. The smallest absolute Gasteiger partial charge is 0.341 e. The molecule has 10 heteroatoms. The molecule has 0 atom stereocenters. The van der Waals surface area contributed by atoms with Crippen LogP contribution in [0, 0.1) is 12.7 Å². The summed E-state index contributed by atoms with van der Waals surface area (Å²) in [7, 11) is -3.89. The van der Waals surface area contributed by atoms with E-state index in [0.29, 0.717) is 21.5 Å². The molecule has 0 N–H and O–H groups in total. The Morgan fingerprint density at radius 1 is 1.16 bits per heavy atom. The molecule has 0 saturated heterocycles. The van der Waals surface area contributed by atoms with Crippen LogP contribution in [-0.2, 0) is 21.4 Å². The Kier molecular flexibility index (Phi) is 7.02. The number of ether oxygens (including phenoxy) is 1. The molecule has 1 heterocycles. The predicted molar refractivity (Wildman–Crippen MR) is 118 cm³/mol. The van der Waals surface area contributed by atoms with Crippen molar-refractivity contribution >= 4 is 38.6 Å². The van der Waals surface area contributed by atoms with Crippen molar-refractivity contribution < 1.29 is 26.8 Å². The van der Waals surface area contributed by atoms with E-state index in [1.807, 2.05) is 0 Å². The molecule has 0 amide bonds. The Balaban J connectivity index is 1.92. The number of sulfonamides is 1. The van der Waals surface area contributed by atoms with Gasteiger partial charge in [0, 0.05) is 35.1 Å². The first kappa shape index (κ1) is 23.9. The third-order valence-corrected chi connectivity index (χ3v) is 7.42. The van der Waals surface area contributed by atoms with E-state index in [4.69, 9.17) is 20.8 Å². The van der Waals surface area contributed by atoms with E-state index in [9.17, 15) is 22.4 Å². The maximum atomic E-state index is 14.3. The minimum Gasteiger partial charge on any atom is -0.457 e. The summed E-state index contributed by atoms with van der Waals surface area (Å²) in [5.41, 5.74) is 0.107. The summed E-state index contributed by atoms with van der Waals surface area (Å²) in [5.74, 6) is -2.00. The Hall–Kier alpha value is -2.75. The molecule has 0 bridgehead atoms. The first-order valence-electron chi connectivity index (χ1n) is 9.78. The van der Waals surface area contributed by atoms with Crippen LogP contribution in [0.1, 0.15) is 35.3 Å². The van der Waals surface area contributed by atoms with Gasteiger partial charge >= 0.3 is 11.6 Å². The molecule has 0 aliphatic heterocycles. The van der Waals surface area contributed by atoms with Crippen molar-refractivity contribution in [3.05, 3.63) is 74.3 Å². The third-order valence-electron chi connectivity index (χ3n) is 4.97. The van der Waals surface area contributed by atoms with Crippen molar-refractivity contribution in [2.24, 2.45) is 0 Å². The zero-order chi connectivity index (χ0) is 23.6. The Morgan fingerprint density at radius 2 is 1.84 bits per heavy atom. The first-order valence-corrected chi connectivity index (χ1v) is 11.6. The number of hydrogen-bond acceptors (Lipinski definition) is 6. The van der Waals surface area contributed by atoms with Gasteiger partial charge in [0.1, 0.15) is 18.0 Å². The predicted octanol–water partition coefficient (Wildman–Crippen LogP) is 4.28. The van der Waals surface area contributed by atoms with Crippen LogP contribution in [0.3, 0.4) is 0 Å². The molecule has 3 aromatic rings. The van der Waals surface area contributed by atoms with E-state index in [2.05, 4.69) is 0 Å². The molecule has 0 radical (unpaired) electrons. The van der Waals surface area contributed by atoms with Gasteiger partial charge in [0.05, 0.1) is 10.5 Å². The summed E-state index contributed by atoms with van der Waals surface area (Å²) < 4.78 is 51.3. The van der Waals surface area contributed by atoms with E-state index in [0.717, 1.165) is 24.3 Å². The highest BCUT2D eigenvalue weighted by Crippen LogP contribution is 2.26. The average Bonchev–Trinajstić information content (AvgIpc) is 2.74. The van der Waals surface area contributed by atoms with Gasteiger partial charge in [-0.2, -0.15) is 4.31 Å². The van der Waals surface area contributed by atoms with Crippen LogP contribution in [0.5, 0.6) is 0 Å². The van der Waals surface area contributed by atoms with Gasteiger partial charge in [0.15, 0.2) is 0 Å². The highest BCUT2D eigenvalue weighted by molar-refractivity contribution is 7.89. The first-order chi connectivity index (χ1) is 15.1. The molecule has 0 aliphatic rings. The number of nitrogens with zero attached hydrogens (tertiary/aromatic N) is 1. The highest BCUT2D eigenvalue weighted by Gasteiger charge is 2.25. The number of carbonyl (C=O) groups excluding carboxylic acids is 1. The fourth-order valence-corrected chi connectivity index (χ4v) is 4.87. The molecule has 2 aromatic carbocycles. The molecule has 3 rings (SSSR count). The summed E-state index contributed by atoms with van der Waals surface area (Å²) in [5, 5.41) is 0.894. The lowest BCUT2D eigenvalue weighted by atomic mass is 10.1. The highest BCUT2D eigenvalue weighted by atomic mass is 35.5. The number of rotatable bonds is 7. The lowest BCUT2D eigenvalue weighted by Crippen LogP contribution is -2.30. The number of carbonyl (C=O) groups is 1. The lowest BCUT2D eigenvalue weighted by molar-refractivity contribution is 0.0468. The molecule has 170 valence electrons. The van der Waals surface area contributed by atoms with Crippen LogP contribution >= 0.6 is 11.6 Å². The van der Waals surface area contributed by atoms with E-state index < -0.39 is 33.0 Å². The zero-order valence-electron chi connectivity index (χ0n) is 17.6. The maximum absolute atomic E-state index is 14.3. The van der Waals surface area contributed by atoms with Crippen molar-refractivity contribution in [2.75, 3.05) is 13.1 Å². The molecule has 0 spiro atoms. The van der Waals surface area contributed by atoms with Gasteiger partial charge < -0.3 is 9.15 Å². The molecule has 0 fully saturated rings. The number of fused-ring (bicyclic) bond motifs is 1. The molecule has 0 saturated carbocycles. The summed E-state index contributed by atoms with van der Waals surface area (Å²) in [4.78, 5) is 24.2. The second-order valence-corrected chi connectivity index (χ2v) is 9.34. The van der Waals surface area contributed by atoms with Crippen LogP contribution in [0.2, 0.25) is 5.02 Å².